The number of hydrogen-bond acceptors (Lipinski definition) is 2. The van der Waals surface area contributed by atoms with Gasteiger partial charge in [0.2, 0.25) is 0 Å². The van der Waals surface area contributed by atoms with Crippen LogP contribution in [-0.4, -0.2) is 5.11 Å². The van der Waals surface area contributed by atoms with Gasteiger partial charge in [-0.25, -0.2) is 0 Å². The van der Waals surface area contributed by atoms with Crippen LogP contribution in [0.2, 0.25) is 0 Å². The highest BCUT2D eigenvalue weighted by atomic mass is 79.9. The molecule has 1 aromatic rings. The van der Waals surface area contributed by atoms with Crippen molar-refractivity contribution in [1.82, 2.24) is 0 Å². The molecular formula is C8H11BrO2. The van der Waals surface area contributed by atoms with E-state index in [0.29, 0.717) is 10.4 Å². The summed E-state index contributed by atoms with van der Waals surface area (Å²) in [5.74, 6) is 0.638. The maximum atomic E-state index is 9.42. The lowest BCUT2D eigenvalue weighted by Gasteiger charge is -2.03. The Hall–Kier alpha value is -0.280. The molecular weight excluding hydrogens is 208 g/mol. The fourth-order valence-electron chi connectivity index (χ4n) is 0.923. The molecule has 0 aliphatic carbocycles. The second-order valence-corrected chi connectivity index (χ2v) is 3.23. The van der Waals surface area contributed by atoms with Crippen molar-refractivity contribution in [3.05, 3.63) is 22.6 Å². The van der Waals surface area contributed by atoms with Gasteiger partial charge in [0.05, 0.1) is 0 Å². The smallest absolute Gasteiger partial charge is 0.169 e. The van der Waals surface area contributed by atoms with E-state index in [1.807, 2.05) is 6.92 Å². The number of rotatable bonds is 3. The van der Waals surface area contributed by atoms with Crippen LogP contribution in [0.5, 0.6) is 0 Å². The van der Waals surface area contributed by atoms with Crippen LogP contribution >= 0.6 is 15.9 Å². The van der Waals surface area contributed by atoms with Gasteiger partial charge in [0.1, 0.15) is 11.9 Å². The molecule has 62 valence electrons. The highest BCUT2D eigenvalue weighted by molar-refractivity contribution is 9.10. The summed E-state index contributed by atoms with van der Waals surface area (Å²) in [6.45, 7) is 2.03. The predicted molar refractivity (Wildman–Crippen MR) is 46.3 cm³/mol. The van der Waals surface area contributed by atoms with Crippen molar-refractivity contribution in [2.75, 3.05) is 0 Å². The lowest BCUT2D eigenvalue weighted by Crippen LogP contribution is -1.93. The Kier molecular flexibility index (Phi) is 3.15. The highest BCUT2D eigenvalue weighted by Crippen LogP contribution is 2.23. The van der Waals surface area contributed by atoms with Gasteiger partial charge < -0.3 is 9.52 Å². The van der Waals surface area contributed by atoms with Crippen molar-refractivity contribution in [3.63, 3.8) is 0 Å². The topological polar surface area (TPSA) is 33.4 Å². The number of halogens is 1. The highest BCUT2D eigenvalue weighted by Gasteiger charge is 2.09. The molecule has 0 radical (unpaired) electrons. The summed E-state index contributed by atoms with van der Waals surface area (Å²) in [5, 5.41) is 9.42. The lowest BCUT2D eigenvalue weighted by molar-refractivity contribution is 0.138. The van der Waals surface area contributed by atoms with E-state index in [2.05, 4.69) is 15.9 Å². The van der Waals surface area contributed by atoms with Crippen molar-refractivity contribution in [2.45, 2.75) is 25.9 Å². The predicted octanol–water partition coefficient (Wildman–Crippen LogP) is 2.88. The summed E-state index contributed by atoms with van der Waals surface area (Å²) in [4.78, 5) is 0. The summed E-state index contributed by atoms with van der Waals surface area (Å²) >= 11 is 3.17. The van der Waals surface area contributed by atoms with Crippen molar-refractivity contribution in [3.8, 4) is 0 Å². The number of aliphatic hydroxyl groups is 1. The number of furan rings is 1. The maximum absolute atomic E-state index is 9.42. The normalized spacial score (nSPS) is 13.4. The Labute approximate surface area is 74.3 Å². The van der Waals surface area contributed by atoms with E-state index in [1.165, 1.54) is 0 Å². The van der Waals surface area contributed by atoms with Crippen LogP contribution in [-0.2, 0) is 0 Å². The Morgan fingerprint density at radius 2 is 2.36 bits per heavy atom. The van der Waals surface area contributed by atoms with Crippen LogP contribution in [0.4, 0.5) is 0 Å². The monoisotopic (exact) mass is 218 g/mol. The molecule has 1 heterocycles. The van der Waals surface area contributed by atoms with E-state index in [4.69, 9.17) is 4.42 Å². The van der Waals surface area contributed by atoms with E-state index in [1.54, 1.807) is 12.1 Å². The van der Waals surface area contributed by atoms with E-state index in [0.717, 1.165) is 12.8 Å². The third kappa shape index (κ3) is 2.34. The first-order valence-electron chi connectivity index (χ1n) is 3.67. The average Bonchev–Trinajstić information content (AvgIpc) is 2.36. The summed E-state index contributed by atoms with van der Waals surface area (Å²) in [7, 11) is 0. The second kappa shape index (κ2) is 3.93. The van der Waals surface area contributed by atoms with Crippen LogP contribution in [0.3, 0.4) is 0 Å². The molecule has 0 aromatic carbocycles. The summed E-state index contributed by atoms with van der Waals surface area (Å²) < 4.78 is 5.83. The van der Waals surface area contributed by atoms with Gasteiger partial charge in [-0.15, -0.1) is 0 Å². The molecule has 3 heteroatoms. The zero-order valence-electron chi connectivity index (χ0n) is 6.38. The van der Waals surface area contributed by atoms with Gasteiger partial charge in [0.25, 0.3) is 0 Å². The molecule has 0 aliphatic heterocycles. The summed E-state index contributed by atoms with van der Waals surface area (Å²) in [5.41, 5.74) is 0. The lowest BCUT2D eigenvalue weighted by atomic mass is 10.2. The third-order valence-corrected chi connectivity index (χ3v) is 1.91. The molecule has 0 fully saturated rings. The minimum absolute atomic E-state index is 0.453. The van der Waals surface area contributed by atoms with Crippen molar-refractivity contribution < 1.29 is 9.52 Å². The molecule has 1 unspecified atom stereocenters. The first kappa shape index (κ1) is 8.81. The van der Waals surface area contributed by atoms with E-state index in [9.17, 15) is 5.11 Å². The molecule has 0 bridgehead atoms. The molecule has 2 nitrogen and oxygen atoms in total. The van der Waals surface area contributed by atoms with Crippen LogP contribution in [0, 0.1) is 0 Å². The molecule has 1 N–H and O–H groups in total. The fraction of sp³-hybridized carbons (Fsp3) is 0.500. The molecule has 1 aromatic heterocycles. The van der Waals surface area contributed by atoms with E-state index < -0.39 is 6.10 Å². The van der Waals surface area contributed by atoms with Crippen molar-refractivity contribution in [2.24, 2.45) is 0 Å². The minimum Gasteiger partial charge on any atom is -0.452 e. The quantitative estimate of drug-likeness (QED) is 0.847. The third-order valence-electron chi connectivity index (χ3n) is 1.48. The van der Waals surface area contributed by atoms with Crippen LogP contribution in [0.1, 0.15) is 31.6 Å². The minimum atomic E-state index is -0.453. The molecule has 1 atom stereocenters. The Bertz CT molecular complexity index is 220. The summed E-state index contributed by atoms with van der Waals surface area (Å²) in [6, 6.07) is 3.57. The molecule has 0 aliphatic rings. The van der Waals surface area contributed by atoms with Gasteiger partial charge in [0.15, 0.2) is 4.67 Å². The molecule has 11 heavy (non-hydrogen) atoms. The SMILES string of the molecule is CCCC(O)c1ccc(Br)o1. The number of aliphatic hydroxyl groups excluding tert-OH is 1. The number of hydrogen-bond donors (Lipinski definition) is 1. The Balaban J connectivity index is 2.60. The van der Waals surface area contributed by atoms with Crippen LogP contribution < -0.4 is 0 Å². The first-order valence-corrected chi connectivity index (χ1v) is 4.46. The Morgan fingerprint density at radius 3 is 2.82 bits per heavy atom. The largest absolute Gasteiger partial charge is 0.452 e. The summed E-state index contributed by atoms with van der Waals surface area (Å²) in [6.07, 6.45) is 1.26. The maximum Gasteiger partial charge on any atom is 0.169 e. The first-order chi connectivity index (χ1) is 5.24. The Morgan fingerprint density at radius 1 is 1.64 bits per heavy atom. The zero-order chi connectivity index (χ0) is 8.27. The fourth-order valence-corrected chi connectivity index (χ4v) is 1.24. The van der Waals surface area contributed by atoms with Gasteiger partial charge in [-0.05, 0) is 34.5 Å². The van der Waals surface area contributed by atoms with Gasteiger partial charge in [0, 0.05) is 0 Å². The second-order valence-electron chi connectivity index (χ2n) is 2.45. The zero-order valence-corrected chi connectivity index (χ0v) is 7.97. The van der Waals surface area contributed by atoms with Gasteiger partial charge in [-0.2, -0.15) is 0 Å². The average molecular weight is 219 g/mol. The molecule has 1 rings (SSSR count). The molecule has 0 saturated heterocycles. The standard InChI is InChI=1S/C8H11BrO2/c1-2-3-6(10)7-4-5-8(9)11-7/h4-6,10H,2-3H2,1H3. The van der Waals surface area contributed by atoms with Crippen LogP contribution in [0.15, 0.2) is 21.2 Å². The molecule has 0 saturated carbocycles. The van der Waals surface area contributed by atoms with Crippen molar-refractivity contribution >= 4 is 15.9 Å². The van der Waals surface area contributed by atoms with Crippen LogP contribution in [0.25, 0.3) is 0 Å². The molecule has 0 spiro atoms. The van der Waals surface area contributed by atoms with E-state index >= 15 is 0 Å². The van der Waals surface area contributed by atoms with Crippen molar-refractivity contribution in [1.29, 1.82) is 0 Å². The van der Waals surface area contributed by atoms with E-state index in [-0.39, 0.29) is 0 Å². The van der Waals surface area contributed by atoms with Gasteiger partial charge >= 0.3 is 0 Å². The van der Waals surface area contributed by atoms with Gasteiger partial charge in [-0.1, -0.05) is 13.3 Å². The van der Waals surface area contributed by atoms with Gasteiger partial charge in [-0.3, -0.25) is 0 Å². The molecule has 0 amide bonds.